The summed E-state index contributed by atoms with van der Waals surface area (Å²) in [5, 5.41) is 3.07. The van der Waals surface area contributed by atoms with E-state index in [-0.39, 0.29) is 5.60 Å². The molecule has 1 aliphatic heterocycles. The number of alkyl halides is 2. The van der Waals surface area contributed by atoms with Gasteiger partial charge in [0.2, 0.25) is 0 Å². The van der Waals surface area contributed by atoms with E-state index in [0.717, 1.165) is 33.9 Å². The third-order valence-corrected chi connectivity index (χ3v) is 5.13. The summed E-state index contributed by atoms with van der Waals surface area (Å²) < 4.78 is 11.5. The third kappa shape index (κ3) is 3.71. The lowest BCUT2D eigenvalue weighted by atomic mass is 9.99. The summed E-state index contributed by atoms with van der Waals surface area (Å²) in [4.78, 5) is 16.0. The number of ether oxygens (including phenoxy) is 2. The topological polar surface area (TPSA) is 60.5 Å². The Morgan fingerprint density at radius 2 is 2.16 bits per heavy atom. The minimum atomic E-state index is -1.13. The number of rotatable bonds is 4. The molecule has 25 heavy (non-hydrogen) atoms. The van der Waals surface area contributed by atoms with E-state index in [1.54, 1.807) is 7.11 Å². The molecule has 134 valence electrons. The van der Waals surface area contributed by atoms with Crippen LogP contribution in [-0.2, 0) is 11.2 Å². The quantitative estimate of drug-likeness (QED) is 0.762. The second-order valence-corrected chi connectivity index (χ2v) is 8.72. The molecule has 0 atom stereocenters. The molecule has 2 heterocycles. The van der Waals surface area contributed by atoms with Crippen LogP contribution in [-0.4, -0.2) is 28.4 Å². The molecule has 8 heteroatoms. The highest BCUT2D eigenvalue weighted by Gasteiger charge is 2.33. The number of benzene rings is 1. The van der Waals surface area contributed by atoms with Crippen LogP contribution in [0.3, 0.4) is 0 Å². The fraction of sp³-hybridized carbons (Fsp3) is 0.412. The summed E-state index contributed by atoms with van der Waals surface area (Å²) in [6.07, 6.45) is 0.791. The Bertz CT molecular complexity index is 834. The second kappa shape index (κ2) is 6.67. The lowest BCUT2D eigenvalue weighted by molar-refractivity contribution is -0.114. The van der Waals surface area contributed by atoms with Gasteiger partial charge in [-0.1, -0.05) is 23.2 Å². The van der Waals surface area contributed by atoms with Crippen molar-refractivity contribution in [3.63, 3.8) is 0 Å². The zero-order valence-electron chi connectivity index (χ0n) is 14.3. The van der Waals surface area contributed by atoms with Gasteiger partial charge in [0, 0.05) is 22.4 Å². The summed E-state index contributed by atoms with van der Waals surface area (Å²) in [5.74, 6) is 0.965. The first-order valence-corrected chi connectivity index (χ1v) is 9.36. The molecule has 0 aliphatic carbocycles. The lowest BCUT2D eigenvalue weighted by Gasteiger charge is -2.17. The fourth-order valence-electron chi connectivity index (χ4n) is 2.84. The van der Waals surface area contributed by atoms with Crippen LogP contribution in [0, 0.1) is 6.92 Å². The predicted molar refractivity (Wildman–Crippen MR) is 101 cm³/mol. The number of halogens is 2. The summed E-state index contributed by atoms with van der Waals surface area (Å²) in [5.41, 5.74) is 2.52. The highest BCUT2D eigenvalue weighted by molar-refractivity contribution is 7.16. The summed E-state index contributed by atoms with van der Waals surface area (Å²) in [6.45, 7) is 6.03. The van der Waals surface area contributed by atoms with Crippen molar-refractivity contribution in [2.24, 2.45) is 0 Å². The van der Waals surface area contributed by atoms with Crippen LogP contribution in [0.4, 0.5) is 5.13 Å². The first-order chi connectivity index (χ1) is 11.7. The van der Waals surface area contributed by atoms with Crippen molar-refractivity contribution in [2.45, 2.75) is 37.6 Å². The SMILES string of the molecule is COc1cc(-c2nc(NC(=O)C(Cl)Cl)sc2C)cc2c1OC(C)(C)C2. The normalized spacial score (nSPS) is 15.0. The highest BCUT2D eigenvalue weighted by Crippen LogP contribution is 2.45. The number of nitrogens with one attached hydrogen (secondary N) is 1. The van der Waals surface area contributed by atoms with Crippen molar-refractivity contribution >= 4 is 45.6 Å². The Balaban J connectivity index is 1.98. The van der Waals surface area contributed by atoms with Crippen LogP contribution in [0.2, 0.25) is 0 Å². The molecule has 1 aliphatic rings. The number of aryl methyl sites for hydroxylation is 1. The molecule has 0 bridgehead atoms. The molecule has 1 aromatic heterocycles. The van der Waals surface area contributed by atoms with E-state index in [0.29, 0.717) is 10.9 Å². The van der Waals surface area contributed by atoms with Crippen molar-refractivity contribution < 1.29 is 14.3 Å². The van der Waals surface area contributed by atoms with Gasteiger partial charge in [-0.15, -0.1) is 11.3 Å². The van der Waals surface area contributed by atoms with Crippen molar-refractivity contribution in [1.29, 1.82) is 0 Å². The number of nitrogens with zero attached hydrogens (tertiary/aromatic N) is 1. The molecule has 1 N–H and O–H groups in total. The van der Waals surface area contributed by atoms with Gasteiger partial charge in [-0.25, -0.2) is 4.98 Å². The Kier molecular flexibility index (Phi) is 4.88. The van der Waals surface area contributed by atoms with Gasteiger partial charge in [0.15, 0.2) is 21.5 Å². The van der Waals surface area contributed by atoms with Crippen LogP contribution in [0.1, 0.15) is 24.3 Å². The van der Waals surface area contributed by atoms with Crippen molar-refractivity contribution in [1.82, 2.24) is 4.98 Å². The Morgan fingerprint density at radius 1 is 1.44 bits per heavy atom. The number of methoxy groups -OCH3 is 1. The summed E-state index contributed by atoms with van der Waals surface area (Å²) in [7, 11) is 1.62. The third-order valence-electron chi connectivity index (χ3n) is 3.84. The number of hydrogen-bond donors (Lipinski definition) is 1. The Labute approximate surface area is 160 Å². The van der Waals surface area contributed by atoms with E-state index in [4.69, 9.17) is 32.7 Å². The Morgan fingerprint density at radius 3 is 2.80 bits per heavy atom. The largest absolute Gasteiger partial charge is 0.493 e. The molecule has 0 radical (unpaired) electrons. The average Bonchev–Trinajstić information content (AvgIpc) is 3.03. The van der Waals surface area contributed by atoms with Gasteiger partial charge in [0.25, 0.3) is 5.91 Å². The molecule has 1 amide bonds. The minimum Gasteiger partial charge on any atom is -0.493 e. The monoisotopic (exact) mass is 400 g/mol. The van der Waals surface area contributed by atoms with Crippen LogP contribution in [0.25, 0.3) is 11.3 Å². The molecule has 1 aromatic carbocycles. The average molecular weight is 401 g/mol. The zero-order valence-corrected chi connectivity index (χ0v) is 16.6. The number of carbonyl (C=O) groups excluding carboxylic acids is 1. The van der Waals surface area contributed by atoms with E-state index < -0.39 is 10.7 Å². The van der Waals surface area contributed by atoms with Crippen molar-refractivity contribution in [2.75, 3.05) is 12.4 Å². The smallest absolute Gasteiger partial charge is 0.259 e. The molecular weight excluding hydrogens is 383 g/mol. The molecule has 0 saturated carbocycles. The molecule has 0 unspecified atom stereocenters. The van der Waals surface area contributed by atoms with Crippen LogP contribution in [0.5, 0.6) is 11.5 Å². The maximum absolute atomic E-state index is 11.6. The second-order valence-electron chi connectivity index (χ2n) is 6.42. The lowest BCUT2D eigenvalue weighted by Crippen LogP contribution is -2.24. The number of amides is 1. The predicted octanol–water partition coefficient (Wildman–Crippen LogP) is 4.58. The first-order valence-electron chi connectivity index (χ1n) is 7.67. The maximum Gasteiger partial charge on any atom is 0.259 e. The van der Waals surface area contributed by atoms with Gasteiger partial charge in [0.05, 0.1) is 12.8 Å². The number of aromatic nitrogens is 1. The van der Waals surface area contributed by atoms with Crippen molar-refractivity contribution in [3.05, 3.63) is 22.6 Å². The minimum absolute atomic E-state index is 0.264. The number of fused-ring (bicyclic) bond motifs is 1. The molecule has 2 aromatic rings. The fourth-order valence-corrected chi connectivity index (χ4v) is 3.79. The zero-order chi connectivity index (χ0) is 18.4. The van der Waals surface area contributed by atoms with Crippen LogP contribution >= 0.6 is 34.5 Å². The maximum atomic E-state index is 11.6. The van der Waals surface area contributed by atoms with Crippen molar-refractivity contribution in [3.8, 4) is 22.8 Å². The van der Waals surface area contributed by atoms with Gasteiger partial charge in [-0.05, 0) is 32.9 Å². The molecule has 0 spiro atoms. The van der Waals surface area contributed by atoms with Crippen LogP contribution < -0.4 is 14.8 Å². The van der Waals surface area contributed by atoms with Gasteiger partial charge < -0.3 is 9.47 Å². The summed E-state index contributed by atoms with van der Waals surface area (Å²) in [6, 6.07) is 3.96. The van der Waals surface area contributed by atoms with E-state index in [2.05, 4.69) is 16.4 Å². The number of thiazole rings is 1. The molecular formula is C17H18Cl2N2O3S. The first kappa shape index (κ1) is 18.3. The summed E-state index contributed by atoms with van der Waals surface area (Å²) >= 11 is 12.5. The van der Waals surface area contributed by atoms with Crippen LogP contribution in [0.15, 0.2) is 12.1 Å². The van der Waals surface area contributed by atoms with E-state index in [9.17, 15) is 4.79 Å². The highest BCUT2D eigenvalue weighted by atomic mass is 35.5. The van der Waals surface area contributed by atoms with E-state index in [1.807, 2.05) is 26.8 Å². The van der Waals surface area contributed by atoms with Gasteiger partial charge in [0.1, 0.15) is 5.60 Å². The molecule has 5 nitrogen and oxygen atoms in total. The number of carbonyl (C=O) groups is 1. The van der Waals surface area contributed by atoms with Gasteiger partial charge in [-0.2, -0.15) is 0 Å². The number of anilines is 1. The number of hydrogen-bond acceptors (Lipinski definition) is 5. The molecule has 0 saturated heterocycles. The Hall–Kier alpha value is -1.50. The van der Waals surface area contributed by atoms with Gasteiger partial charge >= 0.3 is 0 Å². The van der Waals surface area contributed by atoms with Gasteiger partial charge in [-0.3, -0.25) is 10.1 Å². The molecule has 0 fully saturated rings. The molecule has 3 rings (SSSR count). The standard InChI is InChI=1S/C17H18Cl2N2O3S/c1-8-12(20-16(25-8)21-15(22)14(18)19)9-5-10-7-17(2,3)24-13(10)11(6-9)23-4/h5-6,14H,7H2,1-4H3,(H,20,21,22). The van der Waals surface area contributed by atoms with E-state index in [1.165, 1.54) is 11.3 Å². The van der Waals surface area contributed by atoms with E-state index >= 15 is 0 Å².